The van der Waals surface area contributed by atoms with E-state index in [4.69, 9.17) is 0 Å². The van der Waals surface area contributed by atoms with Crippen LogP contribution in [0.2, 0.25) is 0 Å². The molecule has 0 saturated carbocycles. The fourth-order valence-corrected chi connectivity index (χ4v) is 2.48. The number of fused-ring (bicyclic) bond motifs is 1. The van der Waals surface area contributed by atoms with Crippen LogP contribution in [-0.4, -0.2) is 5.91 Å². The van der Waals surface area contributed by atoms with E-state index in [0.29, 0.717) is 0 Å². The first-order chi connectivity index (χ1) is 10.6. The first-order valence-corrected chi connectivity index (χ1v) is 7.19. The Bertz CT molecular complexity index is 828. The predicted octanol–water partition coefficient (Wildman–Crippen LogP) is 4.47. The van der Waals surface area contributed by atoms with Crippen LogP contribution in [0.4, 0.5) is 4.39 Å². The van der Waals surface area contributed by atoms with Crippen LogP contribution in [0.3, 0.4) is 0 Å². The smallest absolute Gasteiger partial charge is 0.254 e. The van der Waals surface area contributed by atoms with Gasteiger partial charge >= 0.3 is 0 Å². The molecule has 0 aromatic heterocycles. The van der Waals surface area contributed by atoms with Crippen LogP contribution in [0.25, 0.3) is 10.8 Å². The average molecular weight is 293 g/mol. The van der Waals surface area contributed by atoms with Gasteiger partial charge in [-0.1, -0.05) is 48.5 Å². The lowest BCUT2D eigenvalue weighted by molar-refractivity contribution is 0.0936. The second-order valence-corrected chi connectivity index (χ2v) is 5.28. The van der Waals surface area contributed by atoms with Crippen molar-refractivity contribution in [1.82, 2.24) is 5.32 Å². The summed E-state index contributed by atoms with van der Waals surface area (Å²) >= 11 is 0. The summed E-state index contributed by atoms with van der Waals surface area (Å²) in [6.07, 6.45) is 0. The van der Waals surface area contributed by atoms with E-state index in [-0.39, 0.29) is 11.6 Å². The molecule has 0 aliphatic carbocycles. The number of amides is 1. The van der Waals surface area contributed by atoms with Crippen molar-refractivity contribution >= 4 is 16.7 Å². The molecule has 0 fully saturated rings. The van der Waals surface area contributed by atoms with Crippen molar-refractivity contribution in [3.05, 3.63) is 83.7 Å². The molecule has 0 bridgehead atoms. The van der Waals surface area contributed by atoms with E-state index in [1.165, 1.54) is 12.1 Å². The van der Waals surface area contributed by atoms with E-state index in [0.717, 1.165) is 16.3 Å². The molecular weight excluding hydrogens is 277 g/mol. The molecule has 3 heteroatoms. The number of hydrogen-bond donors (Lipinski definition) is 1. The van der Waals surface area contributed by atoms with E-state index in [2.05, 4.69) is 5.32 Å². The van der Waals surface area contributed by atoms with E-state index in [9.17, 15) is 9.18 Å². The Hall–Kier alpha value is -2.68. The Morgan fingerprint density at radius 1 is 0.955 bits per heavy atom. The molecule has 0 aliphatic rings. The third-order valence-corrected chi connectivity index (χ3v) is 3.74. The standard InChI is InChI=1S/C19H16FNO/c1-13(21-19(22)17-8-4-5-9-18(17)20)15-11-10-14-6-2-3-7-16(14)12-15/h2-13H,1H3,(H,21,22)/t13-/m1/s1. The van der Waals surface area contributed by atoms with E-state index < -0.39 is 11.7 Å². The molecule has 0 aliphatic heterocycles. The summed E-state index contributed by atoms with van der Waals surface area (Å²) in [5.74, 6) is -0.913. The van der Waals surface area contributed by atoms with Crippen molar-refractivity contribution in [2.75, 3.05) is 0 Å². The summed E-state index contributed by atoms with van der Waals surface area (Å²) in [4.78, 5) is 12.2. The van der Waals surface area contributed by atoms with Crippen molar-refractivity contribution in [3.8, 4) is 0 Å². The van der Waals surface area contributed by atoms with Gasteiger partial charge in [0.25, 0.3) is 5.91 Å². The highest BCUT2D eigenvalue weighted by molar-refractivity contribution is 5.94. The van der Waals surface area contributed by atoms with Gasteiger partial charge in [0.2, 0.25) is 0 Å². The zero-order valence-electron chi connectivity index (χ0n) is 12.2. The molecule has 3 aromatic carbocycles. The number of halogens is 1. The fourth-order valence-electron chi connectivity index (χ4n) is 2.48. The first kappa shape index (κ1) is 14.3. The second-order valence-electron chi connectivity index (χ2n) is 5.28. The second kappa shape index (κ2) is 5.98. The van der Waals surface area contributed by atoms with Crippen LogP contribution < -0.4 is 5.32 Å². The number of nitrogens with one attached hydrogen (secondary N) is 1. The molecule has 0 spiro atoms. The van der Waals surface area contributed by atoms with Gasteiger partial charge in [0.1, 0.15) is 5.82 Å². The van der Waals surface area contributed by atoms with Crippen LogP contribution in [0.5, 0.6) is 0 Å². The number of carbonyl (C=O) groups excluding carboxylic acids is 1. The minimum atomic E-state index is -0.509. The number of rotatable bonds is 3. The van der Waals surface area contributed by atoms with E-state index in [1.54, 1.807) is 12.1 Å². The Morgan fingerprint density at radius 2 is 1.64 bits per heavy atom. The Labute approximate surface area is 128 Å². The molecule has 0 radical (unpaired) electrons. The van der Waals surface area contributed by atoms with Crippen molar-refractivity contribution in [3.63, 3.8) is 0 Å². The molecule has 0 unspecified atom stereocenters. The van der Waals surface area contributed by atoms with E-state index in [1.807, 2.05) is 49.4 Å². The average Bonchev–Trinajstić information content (AvgIpc) is 2.54. The minimum Gasteiger partial charge on any atom is -0.345 e. The molecule has 0 saturated heterocycles. The highest BCUT2D eigenvalue weighted by Crippen LogP contribution is 2.20. The number of benzene rings is 3. The predicted molar refractivity (Wildman–Crippen MR) is 86.2 cm³/mol. The molecule has 22 heavy (non-hydrogen) atoms. The molecule has 3 aromatic rings. The normalized spacial score (nSPS) is 12.1. The summed E-state index contributed by atoms with van der Waals surface area (Å²) in [6.45, 7) is 1.89. The zero-order chi connectivity index (χ0) is 15.5. The summed E-state index contributed by atoms with van der Waals surface area (Å²) in [5, 5.41) is 5.11. The van der Waals surface area contributed by atoms with Gasteiger partial charge in [-0.25, -0.2) is 4.39 Å². The SMILES string of the molecule is C[C@@H](NC(=O)c1ccccc1F)c1ccc2ccccc2c1. The van der Waals surface area contributed by atoms with Gasteiger partial charge in [-0.2, -0.15) is 0 Å². The molecule has 110 valence electrons. The topological polar surface area (TPSA) is 29.1 Å². The molecular formula is C19H16FNO. The van der Waals surface area contributed by atoms with Crippen LogP contribution in [0, 0.1) is 5.82 Å². The van der Waals surface area contributed by atoms with Crippen LogP contribution in [0.15, 0.2) is 66.7 Å². The number of carbonyl (C=O) groups is 1. The lowest BCUT2D eigenvalue weighted by Gasteiger charge is -2.15. The summed E-state index contributed by atoms with van der Waals surface area (Å²) < 4.78 is 13.6. The summed E-state index contributed by atoms with van der Waals surface area (Å²) in [5.41, 5.74) is 1.05. The highest BCUT2D eigenvalue weighted by atomic mass is 19.1. The van der Waals surface area contributed by atoms with Gasteiger partial charge in [0.05, 0.1) is 11.6 Å². The lowest BCUT2D eigenvalue weighted by Crippen LogP contribution is -2.27. The van der Waals surface area contributed by atoms with Crippen molar-refractivity contribution < 1.29 is 9.18 Å². The molecule has 1 amide bonds. The third-order valence-electron chi connectivity index (χ3n) is 3.74. The lowest BCUT2D eigenvalue weighted by atomic mass is 10.0. The largest absolute Gasteiger partial charge is 0.345 e. The van der Waals surface area contributed by atoms with Gasteiger partial charge < -0.3 is 5.32 Å². The third kappa shape index (κ3) is 2.84. The molecule has 3 rings (SSSR count). The molecule has 0 heterocycles. The van der Waals surface area contributed by atoms with Gasteiger partial charge in [-0.05, 0) is 41.5 Å². The van der Waals surface area contributed by atoms with Crippen molar-refractivity contribution in [2.45, 2.75) is 13.0 Å². The molecule has 1 atom stereocenters. The van der Waals surface area contributed by atoms with Crippen molar-refractivity contribution in [2.24, 2.45) is 0 Å². The first-order valence-electron chi connectivity index (χ1n) is 7.19. The molecule has 2 nitrogen and oxygen atoms in total. The van der Waals surface area contributed by atoms with Crippen LogP contribution in [-0.2, 0) is 0 Å². The van der Waals surface area contributed by atoms with Crippen LogP contribution in [0.1, 0.15) is 28.9 Å². The van der Waals surface area contributed by atoms with Crippen molar-refractivity contribution in [1.29, 1.82) is 0 Å². The van der Waals surface area contributed by atoms with Gasteiger partial charge in [-0.3, -0.25) is 4.79 Å². The fraction of sp³-hybridized carbons (Fsp3) is 0.105. The monoisotopic (exact) mass is 293 g/mol. The van der Waals surface area contributed by atoms with Gasteiger partial charge in [-0.15, -0.1) is 0 Å². The maximum Gasteiger partial charge on any atom is 0.254 e. The summed E-state index contributed by atoms with van der Waals surface area (Å²) in [7, 11) is 0. The maximum atomic E-state index is 13.6. The maximum absolute atomic E-state index is 13.6. The van der Waals surface area contributed by atoms with Crippen LogP contribution >= 0.6 is 0 Å². The van der Waals surface area contributed by atoms with Gasteiger partial charge in [0, 0.05) is 0 Å². The molecule has 1 N–H and O–H groups in total. The minimum absolute atomic E-state index is 0.0649. The highest BCUT2D eigenvalue weighted by Gasteiger charge is 2.14. The zero-order valence-corrected chi connectivity index (χ0v) is 12.2. The number of hydrogen-bond acceptors (Lipinski definition) is 1. The quantitative estimate of drug-likeness (QED) is 0.758. The Kier molecular flexibility index (Phi) is 3.88. The summed E-state index contributed by atoms with van der Waals surface area (Å²) in [6, 6.07) is 19.9. The Balaban J connectivity index is 1.82. The van der Waals surface area contributed by atoms with Gasteiger partial charge in [0.15, 0.2) is 0 Å². The Morgan fingerprint density at radius 3 is 2.41 bits per heavy atom. The van der Waals surface area contributed by atoms with E-state index >= 15 is 0 Å².